The van der Waals surface area contributed by atoms with Crippen LogP contribution in [0.15, 0.2) is 54.6 Å². The molecule has 29 heavy (non-hydrogen) atoms. The summed E-state index contributed by atoms with van der Waals surface area (Å²) < 4.78 is 0. The Labute approximate surface area is 175 Å². The summed E-state index contributed by atoms with van der Waals surface area (Å²) in [7, 11) is 0. The molecule has 2 amide bonds. The number of hydrogen-bond acceptors (Lipinski definition) is 2. The number of carbonyl (C=O) groups is 2. The van der Waals surface area contributed by atoms with Crippen LogP contribution in [0.5, 0.6) is 0 Å². The smallest absolute Gasteiger partial charge is 0.243 e. The Kier molecular flexibility index (Phi) is 8.91. The quantitative estimate of drug-likeness (QED) is 0.638. The Morgan fingerprint density at radius 1 is 0.966 bits per heavy atom. The van der Waals surface area contributed by atoms with E-state index in [-0.39, 0.29) is 17.9 Å². The van der Waals surface area contributed by atoms with Crippen LogP contribution in [0, 0.1) is 6.92 Å². The normalized spacial score (nSPS) is 12.8. The van der Waals surface area contributed by atoms with E-state index in [1.165, 1.54) is 0 Å². The first-order valence-corrected chi connectivity index (χ1v) is 10.6. The van der Waals surface area contributed by atoms with Crippen molar-refractivity contribution >= 4 is 11.8 Å². The molecule has 0 radical (unpaired) electrons. The molecule has 0 aliphatic rings. The molecular weight excluding hydrogens is 360 g/mol. The molecule has 156 valence electrons. The molecule has 2 rings (SSSR count). The second-order valence-electron chi connectivity index (χ2n) is 7.68. The van der Waals surface area contributed by atoms with Crippen molar-refractivity contribution in [2.45, 2.75) is 72.0 Å². The van der Waals surface area contributed by atoms with Gasteiger partial charge in [-0.3, -0.25) is 9.59 Å². The highest BCUT2D eigenvalue weighted by molar-refractivity contribution is 5.88. The number of hydrogen-bond donors (Lipinski definition) is 1. The molecule has 0 saturated carbocycles. The van der Waals surface area contributed by atoms with Crippen LogP contribution in [0.25, 0.3) is 0 Å². The lowest BCUT2D eigenvalue weighted by atomic mass is 10.0. The van der Waals surface area contributed by atoms with Gasteiger partial charge in [0.1, 0.15) is 6.04 Å². The lowest BCUT2D eigenvalue weighted by molar-refractivity contribution is -0.141. The molecule has 4 nitrogen and oxygen atoms in total. The molecule has 0 fully saturated rings. The number of aryl methyl sites for hydroxylation is 2. The summed E-state index contributed by atoms with van der Waals surface area (Å²) in [6, 6.07) is 17.7. The van der Waals surface area contributed by atoms with Gasteiger partial charge in [0, 0.05) is 19.0 Å². The average Bonchev–Trinajstić information content (AvgIpc) is 2.73. The third-order valence-electron chi connectivity index (χ3n) is 5.46. The minimum Gasteiger partial charge on any atom is -0.352 e. The molecular formula is C25H34N2O2. The van der Waals surface area contributed by atoms with Crippen molar-refractivity contribution in [1.29, 1.82) is 0 Å². The Bertz CT molecular complexity index is 788. The molecule has 1 N–H and O–H groups in total. The monoisotopic (exact) mass is 394 g/mol. The first kappa shape index (κ1) is 22.7. The molecule has 0 bridgehead atoms. The zero-order valence-corrected chi connectivity index (χ0v) is 18.2. The predicted octanol–water partition coefficient (Wildman–Crippen LogP) is 4.65. The summed E-state index contributed by atoms with van der Waals surface area (Å²) >= 11 is 0. The Morgan fingerprint density at radius 2 is 1.62 bits per heavy atom. The van der Waals surface area contributed by atoms with Crippen LogP contribution in [0.2, 0.25) is 0 Å². The van der Waals surface area contributed by atoms with Gasteiger partial charge >= 0.3 is 0 Å². The summed E-state index contributed by atoms with van der Waals surface area (Å²) in [6.07, 6.45) is 2.52. The summed E-state index contributed by atoms with van der Waals surface area (Å²) in [5.74, 6) is -0.0493. The van der Waals surface area contributed by atoms with E-state index >= 15 is 0 Å². The van der Waals surface area contributed by atoms with Gasteiger partial charge in [-0.25, -0.2) is 0 Å². The molecule has 2 atom stereocenters. The van der Waals surface area contributed by atoms with Gasteiger partial charge in [0.2, 0.25) is 11.8 Å². The average molecular weight is 395 g/mol. The van der Waals surface area contributed by atoms with Crippen LogP contribution < -0.4 is 5.32 Å². The van der Waals surface area contributed by atoms with Crippen molar-refractivity contribution in [1.82, 2.24) is 10.2 Å². The second kappa shape index (κ2) is 11.4. The van der Waals surface area contributed by atoms with Crippen molar-refractivity contribution < 1.29 is 9.59 Å². The summed E-state index contributed by atoms with van der Waals surface area (Å²) in [4.78, 5) is 27.9. The molecule has 2 aromatic rings. The van der Waals surface area contributed by atoms with Crippen LogP contribution in [-0.2, 0) is 22.6 Å². The molecule has 0 spiro atoms. The standard InChI is InChI=1S/C25H34N2O2/c1-5-20(4)26-25(29)23(6-2)27(18-22-15-11-10-12-19(22)3)24(28)17-16-21-13-8-7-9-14-21/h7-15,20,23H,5-6,16-18H2,1-4H3,(H,26,29)/t20-,23+/m1/s1. The van der Waals surface area contributed by atoms with Crippen molar-refractivity contribution in [3.05, 3.63) is 71.3 Å². The maximum absolute atomic E-state index is 13.2. The van der Waals surface area contributed by atoms with Gasteiger partial charge in [-0.15, -0.1) is 0 Å². The van der Waals surface area contributed by atoms with E-state index in [0.717, 1.165) is 23.1 Å². The summed E-state index contributed by atoms with van der Waals surface area (Å²) in [5, 5.41) is 3.06. The summed E-state index contributed by atoms with van der Waals surface area (Å²) in [5.41, 5.74) is 3.34. The SMILES string of the molecule is CC[C@@H](C)NC(=O)[C@H](CC)N(Cc1ccccc1C)C(=O)CCc1ccccc1. The number of nitrogens with one attached hydrogen (secondary N) is 1. The van der Waals surface area contributed by atoms with Gasteiger partial charge in [0.25, 0.3) is 0 Å². The molecule has 2 aromatic carbocycles. The van der Waals surface area contributed by atoms with E-state index in [0.29, 0.717) is 25.8 Å². The molecule has 0 aliphatic carbocycles. The van der Waals surface area contributed by atoms with Crippen molar-refractivity contribution in [3.8, 4) is 0 Å². The number of nitrogens with zero attached hydrogens (tertiary/aromatic N) is 1. The van der Waals surface area contributed by atoms with E-state index in [2.05, 4.69) is 5.32 Å². The van der Waals surface area contributed by atoms with Crippen LogP contribution in [0.4, 0.5) is 0 Å². The number of amides is 2. The van der Waals surface area contributed by atoms with Gasteiger partial charge in [-0.1, -0.05) is 68.4 Å². The van der Waals surface area contributed by atoms with Gasteiger partial charge in [0.15, 0.2) is 0 Å². The maximum atomic E-state index is 13.2. The van der Waals surface area contributed by atoms with Crippen molar-refractivity contribution in [3.63, 3.8) is 0 Å². The largest absolute Gasteiger partial charge is 0.352 e. The van der Waals surface area contributed by atoms with Crippen molar-refractivity contribution in [2.75, 3.05) is 0 Å². The minimum atomic E-state index is -0.466. The molecule has 0 aromatic heterocycles. The lowest BCUT2D eigenvalue weighted by Gasteiger charge is -2.32. The van der Waals surface area contributed by atoms with Gasteiger partial charge in [0.05, 0.1) is 0 Å². The highest BCUT2D eigenvalue weighted by Gasteiger charge is 2.29. The highest BCUT2D eigenvalue weighted by atomic mass is 16.2. The number of benzene rings is 2. The predicted molar refractivity (Wildman–Crippen MR) is 118 cm³/mol. The molecule has 0 saturated heterocycles. The number of carbonyl (C=O) groups excluding carboxylic acids is 2. The fraction of sp³-hybridized carbons (Fsp3) is 0.440. The zero-order chi connectivity index (χ0) is 21.2. The molecule has 0 aliphatic heterocycles. The van der Waals surface area contributed by atoms with Gasteiger partial charge in [-0.05, 0) is 49.8 Å². The molecule has 0 unspecified atom stereocenters. The van der Waals surface area contributed by atoms with Crippen LogP contribution >= 0.6 is 0 Å². The molecule has 0 heterocycles. The third-order valence-corrected chi connectivity index (χ3v) is 5.46. The van der Waals surface area contributed by atoms with Crippen LogP contribution in [0.1, 0.15) is 56.7 Å². The fourth-order valence-electron chi connectivity index (χ4n) is 3.37. The van der Waals surface area contributed by atoms with Crippen molar-refractivity contribution in [2.24, 2.45) is 0 Å². The topological polar surface area (TPSA) is 49.4 Å². The summed E-state index contributed by atoms with van der Waals surface area (Å²) in [6.45, 7) is 8.50. The third kappa shape index (κ3) is 6.74. The van der Waals surface area contributed by atoms with Crippen LogP contribution in [0.3, 0.4) is 0 Å². The van der Waals surface area contributed by atoms with E-state index in [9.17, 15) is 9.59 Å². The van der Waals surface area contributed by atoms with E-state index in [1.807, 2.05) is 82.3 Å². The minimum absolute atomic E-state index is 0.0169. The zero-order valence-electron chi connectivity index (χ0n) is 18.2. The Hall–Kier alpha value is -2.62. The van der Waals surface area contributed by atoms with Crippen LogP contribution in [-0.4, -0.2) is 28.8 Å². The number of rotatable bonds is 10. The Morgan fingerprint density at radius 3 is 2.24 bits per heavy atom. The Balaban J connectivity index is 2.22. The first-order valence-electron chi connectivity index (χ1n) is 10.6. The molecule has 4 heteroatoms. The second-order valence-corrected chi connectivity index (χ2v) is 7.68. The maximum Gasteiger partial charge on any atom is 0.243 e. The van der Waals surface area contributed by atoms with E-state index in [4.69, 9.17) is 0 Å². The fourth-order valence-corrected chi connectivity index (χ4v) is 3.37. The van der Waals surface area contributed by atoms with Gasteiger partial charge in [-0.2, -0.15) is 0 Å². The lowest BCUT2D eigenvalue weighted by Crippen LogP contribution is -2.50. The van der Waals surface area contributed by atoms with E-state index < -0.39 is 6.04 Å². The highest BCUT2D eigenvalue weighted by Crippen LogP contribution is 2.17. The first-order chi connectivity index (χ1) is 14.0. The van der Waals surface area contributed by atoms with E-state index in [1.54, 1.807) is 4.90 Å². The van der Waals surface area contributed by atoms with Gasteiger partial charge < -0.3 is 10.2 Å².